The van der Waals surface area contributed by atoms with E-state index in [-0.39, 0.29) is 43.6 Å². The second-order valence-corrected chi connectivity index (χ2v) is 6.83. The standard InChI is InChI=1S/C18H19N5O4/c24-16-15-14(13(20-21-15)12-4-2-1-3-5-12)19-11-23(16)10-18(27)6-8-22(9-7-18)17(25)26/h1-5,11,27H,6-10H2,(H,20,21)(H,25,26). The minimum Gasteiger partial charge on any atom is -0.465 e. The summed E-state index contributed by atoms with van der Waals surface area (Å²) >= 11 is 0. The van der Waals surface area contributed by atoms with Crippen LogP contribution in [0.4, 0.5) is 4.79 Å². The van der Waals surface area contributed by atoms with Crippen LogP contribution in [-0.2, 0) is 6.54 Å². The third-order valence-corrected chi connectivity index (χ3v) is 5.02. The molecule has 0 bridgehead atoms. The van der Waals surface area contributed by atoms with E-state index in [0.29, 0.717) is 11.2 Å². The number of amides is 1. The first-order valence-corrected chi connectivity index (χ1v) is 8.66. The monoisotopic (exact) mass is 369 g/mol. The minimum absolute atomic E-state index is 0.0575. The fourth-order valence-electron chi connectivity index (χ4n) is 3.43. The topological polar surface area (TPSA) is 124 Å². The van der Waals surface area contributed by atoms with Gasteiger partial charge in [0.2, 0.25) is 0 Å². The molecular weight excluding hydrogens is 350 g/mol. The van der Waals surface area contributed by atoms with Crippen molar-refractivity contribution in [2.75, 3.05) is 13.1 Å². The molecule has 3 aromatic rings. The molecule has 3 heterocycles. The number of carbonyl (C=O) groups is 1. The molecule has 9 nitrogen and oxygen atoms in total. The van der Waals surface area contributed by atoms with E-state index < -0.39 is 11.7 Å². The fourth-order valence-corrected chi connectivity index (χ4v) is 3.43. The number of piperidine rings is 1. The quantitative estimate of drug-likeness (QED) is 0.639. The van der Waals surface area contributed by atoms with Crippen molar-refractivity contribution in [3.8, 4) is 11.3 Å². The van der Waals surface area contributed by atoms with Crippen molar-refractivity contribution >= 4 is 17.1 Å². The zero-order valence-corrected chi connectivity index (χ0v) is 14.5. The largest absolute Gasteiger partial charge is 0.465 e. The van der Waals surface area contributed by atoms with E-state index in [1.807, 2.05) is 30.3 Å². The molecule has 9 heteroatoms. The van der Waals surface area contributed by atoms with Crippen molar-refractivity contribution in [1.29, 1.82) is 0 Å². The Balaban J connectivity index is 1.62. The van der Waals surface area contributed by atoms with Crippen molar-refractivity contribution < 1.29 is 15.0 Å². The van der Waals surface area contributed by atoms with Crippen LogP contribution in [0.5, 0.6) is 0 Å². The molecular formula is C18H19N5O4. The van der Waals surface area contributed by atoms with Gasteiger partial charge in [-0.15, -0.1) is 0 Å². The Hall–Kier alpha value is -3.20. The Kier molecular flexibility index (Phi) is 4.15. The molecule has 27 heavy (non-hydrogen) atoms. The summed E-state index contributed by atoms with van der Waals surface area (Å²) in [6, 6.07) is 9.45. The van der Waals surface area contributed by atoms with Crippen molar-refractivity contribution in [2.24, 2.45) is 0 Å². The van der Waals surface area contributed by atoms with Gasteiger partial charge in [0.15, 0.2) is 0 Å². The highest BCUT2D eigenvalue weighted by molar-refractivity contribution is 5.88. The van der Waals surface area contributed by atoms with Crippen molar-refractivity contribution in [2.45, 2.75) is 25.0 Å². The highest BCUT2D eigenvalue weighted by atomic mass is 16.4. The summed E-state index contributed by atoms with van der Waals surface area (Å²) in [4.78, 5) is 29.4. The number of aromatic nitrogens is 4. The third kappa shape index (κ3) is 3.17. The van der Waals surface area contributed by atoms with Crippen LogP contribution in [0, 0.1) is 0 Å². The summed E-state index contributed by atoms with van der Waals surface area (Å²) in [5, 5.41) is 26.8. The van der Waals surface area contributed by atoms with E-state index in [9.17, 15) is 14.7 Å². The minimum atomic E-state index is -1.15. The number of fused-ring (bicyclic) bond motifs is 1. The third-order valence-electron chi connectivity index (χ3n) is 5.02. The molecule has 0 saturated carbocycles. The maximum Gasteiger partial charge on any atom is 0.407 e. The second kappa shape index (κ2) is 6.51. The maximum atomic E-state index is 12.8. The number of nitrogens with zero attached hydrogens (tertiary/aromatic N) is 4. The van der Waals surface area contributed by atoms with Crippen molar-refractivity contribution in [3.05, 3.63) is 47.0 Å². The highest BCUT2D eigenvalue weighted by Gasteiger charge is 2.34. The van der Waals surface area contributed by atoms with Crippen LogP contribution < -0.4 is 5.56 Å². The van der Waals surface area contributed by atoms with E-state index >= 15 is 0 Å². The number of benzene rings is 1. The van der Waals surface area contributed by atoms with Crippen LogP contribution in [0.15, 0.2) is 41.5 Å². The number of hydrogen-bond donors (Lipinski definition) is 3. The fraction of sp³-hybridized carbons (Fsp3) is 0.333. The van der Waals surface area contributed by atoms with Crippen LogP contribution in [-0.4, -0.2) is 59.6 Å². The van der Waals surface area contributed by atoms with Gasteiger partial charge in [0.25, 0.3) is 5.56 Å². The Labute approximate surface area is 153 Å². The zero-order chi connectivity index (χ0) is 19.0. The lowest BCUT2D eigenvalue weighted by atomic mass is 9.91. The Morgan fingerprint density at radius 2 is 1.93 bits per heavy atom. The highest BCUT2D eigenvalue weighted by Crippen LogP contribution is 2.25. The molecule has 2 aromatic heterocycles. The molecule has 1 amide bonds. The Morgan fingerprint density at radius 1 is 1.22 bits per heavy atom. The van der Waals surface area contributed by atoms with E-state index in [1.54, 1.807) is 0 Å². The first-order valence-electron chi connectivity index (χ1n) is 8.66. The Bertz CT molecular complexity index is 1030. The smallest absolute Gasteiger partial charge is 0.407 e. The number of aromatic amines is 1. The average molecular weight is 369 g/mol. The number of nitrogens with one attached hydrogen (secondary N) is 1. The van der Waals surface area contributed by atoms with Crippen molar-refractivity contribution in [1.82, 2.24) is 24.6 Å². The SMILES string of the molecule is O=C(O)N1CCC(O)(Cn2cnc3c(-c4ccccc4)n[nH]c3c2=O)CC1. The van der Waals surface area contributed by atoms with E-state index in [0.717, 1.165) is 5.56 Å². The lowest BCUT2D eigenvalue weighted by Crippen LogP contribution is -2.49. The number of H-pyrrole nitrogens is 1. The lowest BCUT2D eigenvalue weighted by Gasteiger charge is -2.37. The molecule has 1 aromatic carbocycles. The molecule has 4 rings (SSSR count). The van der Waals surface area contributed by atoms with E-state index in [2.05, 4.69) is 15.2 Å². The number of rotatable bonds is 3. The normalized spacial score (nSPS) is 16.6. The molecule has 0 unspecified atom stereocenters. The second-order valence-electron chi connectivity index (χ2n) is 6.83. The predicted molar refractivity (Wildman–Crippen MR) is 97.4 cm³/mol. The molecule has 0 aliphatic carbocycles. The number of carboxylic acid groups (broad SMARTS) is 1. The average Bonchev–Trinajstić information content (AvgIpc) is 3.10. The summed E-state index contributed by atoms with van der Waals surface area (Å²) in [6.45, 7) is 0.527. The van der Waals surface area contributed by atoms with E-state index in [4.69, 9.17) is 5.11 Å². The number of hydrogen-bond acceptors (Lipinski definition) is 5. The van der Waals surface area contributed by atoms with Gasteiger partial charge in [-0.05, 0) is 12.8 Å². The van der Waals surface area contributed by atoms with Crippen LogP contribution >= 0.6 is 0 Å². The number of aliphatic hydroxyl groups is 1. The Morgan fingerprint density at radius 3 is 2.59 bits per heavy atom. The summed E-state index contributed by atoms with van der Waals surface area (Å²) in [5.74, 6) is 0. The first kappa shape index (κ1) is 17.2. The molecule has 0 spiro atoms. The van der Waals surface area contributed by atoms with Crippen LogP contribution in [0.1, 0.15) is 12.8 Å². The summed E-state index contributed by atoms with van der Waals surface area (Å²) in [7, 11) is 0. The molecule has 1 aliphatic heterocycles. The molecule has 0 radical (unpaired) electrons. The van der Waals surface area contributed by atoms with Gasteiger partial charge >= 0.3 is 6.09 Å². The van der Waals surface area contributed by atoms with Gasteiger partial charge in [-0.3, -0.25) is 14.5 Å². The molecule has 1 fully saturated rings. The van der Waals surface area contributed by atoms with Gasteiger partial charge in [0.1, 0.15) is 16.7 Å². The van der Waals surface area contributed by atoms with Crippen LogP contribution in [0.2, 0.25) is 0 Å². The summed E-state index contributed by atoms with van der Waals surface area (Å²) < 4.78 is 1.35. The molecule has 140 valence electrons. The first-order chi connectivity index (χ1) is 13.0. The van der Waals surface area contributed by atoms with Gasteiger partial charge < -0.3 is 15.1 Å². The van der Waals surface area contributed by atoms with Gasteiger partial charge in [0, 0.05) is 18.7 Å². The van der Waals surface area contributed by atoms with Gasteiger partial charge in [0.05, 0.1) is 18.5 Å². The lowest BCUT2D eigenvalue weighted by molar-refractivity contribution is -0.0304. The maximum absolute atomic E-state index is 12.8. The van der Waals surface area contributed by atoms with Gasteiger partial charge in [-0.25, -0.2) is 9.78 Å². The molecule has 0 atom stereocenters. The van der Waals surface area contributed by atoms with Gasteiger partial charge in [-0.1, -0.05) is 30.3 Å². The van der Waals surface area contributed by atoms with E-state index in [1.165, 1.54) is 15.8 Å². The summed E-state index contributed by atoms with van der Waals surface area (Å²) in [6.07, 6.45) is 0.946. The zero-order valence-electron chi connectivity index (χ0n) is 14.5. The van der Waals surface area contributed by atoms with Crippen LogP contribution in [0.3, 0.4) is 0 Å². The predicted octanol–water partition coefficient (Wildman–Crippen LogP) is 1.29. The van der Waals surface area contributed by atoms with Crippen LogP contribution in [0.25, 0.3) is 22.3 Å². The molecule has 1 aliphatic rings. The molecule has 3 N–H and O–H groups in total. The number of likely N-dealkylation sites (tertiary alicyclic amines) is 1. The van der Waals surface area contributed by atoms with Crippen molar-refractivity contribution in [3.63, 3.8) is 0 Å². The molecule has 1 saturated heterocycles. The van der Waals surface area contributed by atoms with Gasteiger partial charge in [-0.2, -0.15) is 5.10 Å². The summed E-state index contributed by atoms with van der Waals surface area (Å²) in [5.41, 5.74) is 0.756.